The number of hydrogen-bond acceptors (Lipinski definition) is 6. The van der Waals surface area contributed by atoms with Crippen LogP contribution in [-0.2, 0) is 11.3 Å². The first-order chi connectivity index (χ1) is 17.0. The van der Waals surface area contributed by atoms with Crippen molar-refractivity contribution >= 4 is 5.97 Å². The fourth-order valence-corrected chi connectivity index (χ4v) is 5.03. The average Bonchev–Trinajstić information content (AvgIpc) is 3.32. The molecule has 1 saturated heterocycles. The molecule has 1 aliphatic carbocycles. The van der Waals surface area contributed by atoms with Gasteiger partial charge in [0.1, 0.15) is 17.6 Å². The van der Waals surface area contributed by atoms with E-state index in [9.17, 15) is 9.90 Å². The fourth-order valence-electron chi connectivity index (χ4n) is 5.03. The van der Waals surface area contributed by atoms with Crippen LogP contribution in [-0.4, -0.2) is 55.4 Å². The Morgan fingerprint density at radius 3 is 2.71 bits per heavy atom. The van der Waals surface area contributed by atoms with Gasteiger partial charge in [-0.15, -0.1) is 0 Å². The summed E-state index contributed by atoms with van der Waals surface area (Å²) in [5.41, 5.74) is 2.70. The number of nitrogens with zero attached hydrogens (tertiary/aromatic N) is 4. The highest BCUT2D eigenvalue weighted by atomic mass is 16.5. The van der Waals surface area contributed by atoms with Crippen LogP contribution in [0.2, 0.25) is 0 Å². The number of aliphatic hydroxyl groups is 1. The van der Waals surface area contributed by atoms with Crippen LogP contribution in [0.25, 0.3) is 11.3 Å². The number of benzene rings is 1. The predicted molar refractivity (Wildman–Crippen MR) is 129 cm³/mol. The highest BCUT2D eigenvalue weighted by molar-refractivity contribution is 5.66. The Hall–Kier alpha value is -3.41. The maximum atomic E-state index is 10.6. The topological polar surface area (TPSA) is 105 Å². The smallest absolute Gasteiger partial charge is 0.303 e. The first kappa shape index (κ1) is 23.3. The minimum absolute atomic E-state index is 0.265. The standard InChI is InChI=1S/C27H30N4O4/c1-18(32)27-28-11-13-31(27)15-21-14-25(35-29-21)20-8-5-19(6-9-20)7-10-22-23-16-30(17-24(22)23)12-3-2-4-26(33)34/h5-6,8-9,11,13-14,18,22-24,32H,2-4,12,15-17H2,1H3,(H,33,34)/t18-,22-,23-,24+/m0/s1. The Balaban J connectivity index is 1.12. The Bertz CT molecular complexity index is 1220. The van der Waals surface area contributed by atoms with E-state index in [2.05, 4.69) is 26.9 Å². The van der Waals surface area contributed by atoms with Gasteiger partial charge in [-0.25, -0.2) is 4.98 Å². The number of aliphatic carboxylic acids is 1. The van der Waals surface area contributed by atoms with Crippen LogP contribution in [0.3, 0.4) is 0 Å². The number of likely N-dealkylation sites (tertiary alicyclic amines) is 1. The van der Waals surface area contributed by atoms with Gasteiger partial charge in [0.05, 0.1) is 6.54 Å². The highest BCUT2D eigenvalue weighted by Crippen LogP contribution is 2.51. The van der Waals surface area contributed by atoms with Crippen molar-refractivity contribution < 1.29 is 19.5 Å². The zero-order chi connectivity index (χ0) is 24.4. The highest BCUT2D eigenvalue weighted by Gasteiger charge is 2.54. The van der Waals surface area contributed by atoms with Crippen LogP contribution in [0.5, 0.6) is 0 Å². The predicted octanol–water partition coefficient (Wildman–Crippen LogP) is 3.42. The molecule has 0 spiro atoms. The van der Waals surface area contributed by atoms with Crippen molar-refractivity contribution in [3.63, 3.8) is 0 Å². The van der Waals surface area contributed by atoms with Gasteiger partial charge in [-0.3, -0.25) is 4.79 Å². The number of piperidine rings is 1. The van der Waals surface area contributed by atoms with E-state index in [1.807, 2.05) is 41.1 Å². The molecule has 8 heteroatoms. The molecule has 1 aliphatic heterocycles. The Labute approximate surface area is 204 Å². The molecular weight excluding hydrogens is 444 g/mol. The molecule has 1 aromatic carbocycles. The van der Waals surface area contributed by atoms with Crippen molar-refractivity contribution in [1.82, 2.24) is 19.6 Å². The van der Waals surface area contributed by atoms with E-state index >= 15 is 0 Å². The number of carbonyl (C=O) groups is 1. The van der Waals surface area contributed by atoms with Crippen molar-refractivity contribution in [3.8, 4) is 23.2 Å². The van der Waals surface area contributed by atoms with E-state index in [4.69, 9.17) is 9.63 Å². The Morgan fingerprint density at radius 2 is 2.00 bits per heavy atom. The molecule has 0 unspecified atom stereocenters. The number of carboxylic acids is 1. The number of fused-ring (bicyclic) bond motifs is 1. The van der Waals surface area contributed by atoms with Crippen molar-refractivity contribution in [2.75, 3.05) is 19.6 Å². The van der Waals surface area contributed by atoms with Gasteiger partial charge >= 0.3 is 5.97 Å². The van der Waals surface area contributed by atoms with Crippen molar-refractivity contribution in [1.29, 1.82) is 0 Å². The number of aromatic nitrogens is 3. The van der Waals surface area contributed by atoms with Crippen LogP contribution in [0.15, 0.2) is 47.2 Å². The molecule has 0 bridgehead atoms. The summed E-state index contributed by atoms with van der Waals surface area (Å²) in [7, 11) is 0. The summed E-state index contributed by atoms with van der Waals surface area (Å²) in [4.78, 5) is 17.3. The van der Waals surface area contributed by atoms with E-state index in [1.54, 1.807) is 13.1 Å². The molecule has 8 nitrogen and oxygen atoms in total. The molecule has 5 rings (SSSR count). The summed E-state index contributed by atoms with van der Waals surface area (Å²) in [5, 5.41) is 22.7. The van der Waals surface area contributed by atoms with E-state index in [0.717, 1.165) is 49.3 Å². The monoisotopic (exact) mass is 474 g/mol. The molecule has 0 radical (unpaired) electrons. The van der Waals surface area contributed by atoms with E-state index in [1.165, 1.54) is 0 Å². The lowest BCUT2D eigenvalue weighted by Gasteiger charge is -2.17. The third-order valence-corrected chi connectivity index (χ3v) is 6.95. The number of rotatable bonds is 9. The molecule has 2 aliphatic rings. The van der Waals surface area contributed by atoms with Gasteiger partial charge in [0.15, 0.2) is 5.76 Å². The Kier molecular flexibility index (Phi) is 6.71. The first-order valence-corrected chi connectivity index (χ1v) is 12.2. The average molecular weight is 475 g/mol. The summed E-state index contributed by atoms with van der Waals surface area (Å²) in [6.45, 7) is 5.34. The molecular formula is C27H30N4O4. The lowest BCUT2D eigenvalue weighted by Crippen LogP contribution is -2.25. The number of hydrogen-bond donors (Lipinski definition) is 2. The largest absolute Gasteiger partial charge is 0.481 e. The normalized spacial score (nSPS) is 21.8. The lowest BCUT2D eigenvalue weighted by molar-refractivity contribution is -0.137. The van der Waals surface area contributed by atoms with Gasteiger partial charge in [-0.05, 0) is 62.4 Å². The van der Waals surface area contributed by atoms with Crippen molar-refractivity contribution in [2.45, 2.75) is 38.8 Å². The molecule has 2 fully saturated rings. The first-order valence-electron chi connectivity index (χ1n) is 12.2. The zero-order valence-electron chi connectivity index (χ0n) is 19.8. The summed E-state index contributed by atoms with van der Waals surface area (Å²) < 4.78 is 7.40. The number of carboxylic acid groups (broad SMARTS) is 1. The van der Waals surface area contributed by atoms with Gasteiger partial charge in [-0.1, -0.05) is 17.0 Å². The molecule has 1 saturated carbocycles. The van der Waals surface area contributed by atoms with Crippen LogP contribution in [0.4, 0.5) is 0 Å². The number of aliphatic hydroxyl groups excluding tert-OH is 1. The SMILES string of the molecule is C[C@H](O)c1nccn1Cc1cc(-c2ccc(C#C[C@@H]3[C@H]4CN(CCCCC(=O)O)C[C@@H]34)cc2)on1. The van der Waals surface area contributed by atoms with Crippen LogP contribution in [0.1, 0.15) is 49.4 Å². The second kappa shape index (κ2) is 10.1. The minimum atomic E-state index is -0.708. The van der Waals surface area contributed by atoms with Gasteiger partial charge < -0.3 is 24.2 Å². The van der Waals surface area contributed by atoms with E-state index in [-0.39, 0.29) is 6.42 Å². The molecule has 3 heterocycles. The van der Waals surface area contributed by atoms with Gasteiger partial charge in [0, 0.05) is 55.0 Å². The molecule has 0 amide bonds. The maximum absolute atomic E-state index is 10.6. The van der Waals surface area contributed by atoms with E-state index in [0.29, 0.717) is 35.9 Å². The molecule has 3 aromatic rings. The molecule has 2 aromatic heterocycles. The minimum Gasteiger partial charge on any atom is -0.481 e. The van der Waals surface area contributed by atoms with Gasteiger partial charge in [0.2, 0.25) is 0 Å². The Morgan fingerprint density at radius 1 is 1.23 bits per heavy atom. The fraction of sp³-hybridized carbons (Fsp3) is 0.444. The molecule has 35 heavy (non-hydrogen) atoms. The number of imidazole rings is 1. The van der Waals surface area contributed by atoms with Crippen LogP contribution < -0.4 is 0 Å². The van der Waals surface area contributed by atoms with E-state index < -0.39 is 12.1 Å². The van der Waals surface area contributed by atoms with Crippen molar-refractivity contribution in [3.05, 3.63) is 59.8 Å². The summed E-state index contributed by atoms with van der Waals surface area (Å²) in [6.07, 6.45) is 4.81. The second-order valence-corrected chi connectivity index (χ2v) is 9.58. The van der Waals surface area contributed by atoms with Crippen LogP contribution >= 0.6 is 0 Å². The number of unbranched alkanes of at least 4 members (excludes halogenated alkanes) is 1. The maximum Gasteiger partial charge on any atom is 0.303 e. The van der Waals surface area contributed by atoms with Gasteiger partial charge in [0.25, 0.3) is 0 Å². The third-order valence-electron chi connectivity index (χ3n) is 6.95. The van der Waals surface area contributed by atoms with Gasteiger partial charge in [-0.2, -0.15) is 0 Å². The zero-order valence-corrected chi connectivity index (χ0v) is 19.8. The summed E-state index contributed by atoms with van der Waals surface area (Å²) in [5.74, 6) is 9.19. The van der Waals surface area contributed by atoms with Crippen LogP contribution in [0, 0.1) is 29.6 Å². The second-order valence-electron chi connectivity index (χ2n) is 9.58. The lowest BCUT2D eigenvalue weighted by atomic mass is 10.1. The summed E-state index contributed by atoms with van der Waals surface area (Å²) >= 11 is 0. The van der Waals surface area contributed by atoms with Crippen molar-refractivity contribution in [2.24, 2.45) is 17.8 Å². The quantitative estimate of drug-likeness (QED) is 0.362. The third kappa shape index (κ3) is 5.47. The molecule has 2 N–H and O–H groups in total. The molecule has 182 valence electrons. The summed E-state index contributed by atoms with van der Waals surface area (Å²) in [6, 6.07) is 9.93. The molecule has 4 atom stereocenters.